The fourth-order valence-electron chi connectivity index (χ4n) is 4.06. The van der Waals surface area contributed by atoms with E-state index in [0.717, 1.165) is 29.5 Å². The van der Waals surface area contributed by atoms with Crippen LogP contribution >= 0.6 is 46.6 Å². The van der Waals surface area contributed by atoms with Gasteiger partial charge in [-0.25, -0.2) is 22.9 Å². The Balaban J connectivity index is 1.87. The van der Waals surface area contributed by atoms with Crippen LogP contribution < -0.4 is 4.74 Å². The number of benzene rings is 3. The Bertz CT molecular complexity index is 1570. The van der Waals surface area contributed by atoms with Crippen LogP contribution in [0.2, 0.25) is 15.2 Å². The normalized spacial score (nSPS) is 11.6. The molecule has 0 amide bonds. The summed E-state index contributed by atoms with van der Waals surface area (Å²) >= 11 is 20.1. The number of carboxylic acids is 1. The molecule has 0 unspecified atom stereocenters. The van der Waals surface area contributed by atoms with Crippen molar-refractivity contribution < 1.29 is 27.8 Å². The number of aromatic nitrogens is 2. The van der Waals surface area contributed by atoms with Gasteiger partial charge in [0, 0.05) is 22.8 Å². The molecular weight excluding hydrogens is 596 g/mol. The van der Waals surface area contributed by atoms with E-state index in [2.05, 4.69) is 4.98 Å². The van der Waals surface area contributed by atoms with Crippen molar-refractivity contribution in [3.8, 4) is 11.4 Å². The third-order valence-corrected chi connectivity index (χ3v) is 8.13. The van der Waals surface area contributed by atoms with Gasteiger partial charge in [0.1, 0.15) is 11.6 Å². The number of rotatable bonds is 8. The highest BCUT2D eigenvalue weighted by Crippen LogP contribution is 2.42. The van der Waals surface area contributed by atoms with E-state index in [1.165, 1.54) is 25.3 Å². The Labute approximate surface area is 241 Å². The highest BCUT2D eigenvalue weighted by Gasteiger charge is 2.34. The minimum Gasteiger partial charge on any atom is -0.494 e. The summed E-state index contributed by atoms with van der Waals surface area (Å²) in [6.07, 6.45) is 0. The monoisotopic (exact) mass is 614 g/mol. The van der Waals surface area contributed by atoms with Crippen molar-refractivity contribution in [2.45, 2.75) is 30.2 Å². The van der Waals surface area contributed by atoms with E-state index in [-0.39, 0.29) is 27.4 Å². The van der Waals surface area contributed by atoms with E-state index < -0.39 is 34.4 Å². The lowest BCUT2D eigenvalue weighted by Gasteiger charge is -2.28. The van der Waals surface area contributed by atoms with Crippen molar-refractivity contribution in [3.05, 3.63) is 104 Å². The van der Waals surface area contributed by atoms with Gasteiger partial charge in [0.15, 0.2) is 21.9 Å². The van der Waals surface area contributed by atoms with E-state index in [1.54, 1.807) is 22.8 Å². The van der Waals surface area contributed by atoms with Gasteiger partial charge in [0.05, 0.1) is 34.1 Å². The number of carboxylic acid groups (broad SMARTS) is 1. The SMILES string of the molecule is COc1cc(-n2c(SCc3c(F)cc(C(=O)O)cc3F)nc(Cl)c2C(C)(C)c2ccc(Cl)c(Cl)c2)ccc1F. The first-order chi connectivity index (χ1) is 18.3. The molecule has 4 rings (SSSR count). The van der Waals surface area contributed by atoms with Crippen molar-refractivity contribution in [1.29, 1.82) is 0 Å². The molecule has 1 aromatic heterocycles. The molecule has 0 aliphatic carbocycles. The van der Waals surface area contributed by atoms with Crippen molar-refractivity contribution in [2.75, 3.05) is 7.11 Å². The van der Waals surface area contributed by atoms with Gasteiger partial charge in [-0.15, -0.1) is 0 Å². The molecule has 0 aliphatic rings. The third kappa shape index (κ3) is 5.72. The van der Waals surface area contributed by atoms with Crippen LogP contribution in [0.1, 0.15) is 41.0 Å². The lowest BCUT2D eigenvalue weighted by Crippen LogP contribution is -2.23. The van der Waals surface area contributed by atoms with Gasteiger partial charge < -0.3 is 9.84 Å². The fraction of sp³-hybridized carbons (Fsp3) is 0.185. The molecule has 4 aromatic rings. The molecule has 0 bridgehead atoms. The molecule has 39 heavy (non-hydrogen) atoms. The molecule has 5 nitrogen and oxygen atoms in total. The molecule has 12 heteroatoms. The Morgan fingerprint density at radius 2 is 1.67 bits per heavy atom. The average Bonchev–Trinajstić information content (AvgIpc) is 3.21. The van der Waals surface area contributed by atoms with Crippen LogP contribution in [0.15, 0.2) is 53.7 Å². The van der Waals surface area contributed by atoms with Gasteiger partial charge in [-0.2, -0.15) is 0 Å². The second kappa shape index (κ2) is 11.3. The number of imidazole rings is 1. The zero-order valence-corrected chi connectivity index (χ0v) is 23.7. The second-order valence-corrected chi connectivity index (χ2v) is 11.1. The Morgan fingerprint density at radius 1 is 1.00 bits per heavy atom. The number of hydrogen-bond donors (Lipinski definition) is 1. The summed E-state index contributed by atoms with van der Waals surface area (Å²) < 4.78 is 50.4. The van der Waals surface area contributed by atoms with E-state index in [0.29, 0.717) is 21.4 Å². The van der Waals surface area contributed by atoms with Crippen LogP contribution in [0.5, 0.6) is 5.75 Å². The van der Waals surface area contributed by atoms with Crippen molar-refractivity contribution in [2.24, 2.45) is 0 Å². The first kappa shape index (κ1) is 29.1. The first-order valence-electron chi connectivity index (χ1n) is 11.3. The molecular formula is C27H20Cl3F3N2O3S. The van der Waals surface area contributed by atoms with Gasteiger partial charge >= 0.3 is 5.97 Å². The van der Waals surface area contributed by atoms with Crippen molar-refractivity contribution in [3.63, 3.8) is 0 Å². The molecule has 0 radical (unpaired) electrons. The molecule has 0 saturated carbocycles. The van der Waals surface area contributed by atoms with Crippen molar-refractivity contribution in [1.82, 2.24) is 9.55 Å². The molecule has 3 aromatic carbocycles. The number of thioether (sulfide) groups is 1. The Morgan fingerprint density at radius 3 is 2.26 bits per heavy atom. The topological polar surface area (TPSA) is 64.3 Å². The number of hydrogen-bond acceptors (Lipinski definition) is 4. The molecule has 0 atom stereocenters. The molecule has 0 spiro atoms. The maximum Gasteiger partial charge on any atom is 0.335 e. The minimum atomic E-state index is -1.45. The third-order valence-electron chi connectivity index (χ3n) is 6.16. The standard InChI is InChI=1S/C27H20Cl3F3N2O3S/c1-27(2,14-4-6-17(28)18(29)10-14)23-24(30)34-26(35(23)15-5-7-19(31)22(11-15)38-3)39-12-16-20(32)8-13(25(36)37)9-21(16)33/h4-11H,12H2,1-3H3,(H,36,37). The summed E-state index contributed by atoms with van der Waals surface area (Å²) in [5.41, 5.74) is -0.0171. The quantitative estimate of drug-likeness (QED) is 0.201. The van der Waals surface area contributed by atoms with Crippen LogP contribution in [-0.4, -0.2) is 27.7 Å². The van der Waals surface area contributed by atoms with Gasteiger partial charge in [0.2, 0.25) is 0 Å². The van der Waals surface area contributed by atoms with Crippen LogP contribution in [0.4, 0.5) is 13.2 Å². The number of methoxy groups -OCH3 is 1. The summed E-state index contributed by atoms with van der Waals surface area (Å²) in [6.45, 7) is 3.76. The lowest BCUT2D eigenvalue weighted by molar-refractivity contribution is 0.0695. The van der Waals surface area contributed by atoms with E-state index >= 15 is 0 Å². The van der Waals surface area contributed by atoms with Gasteiger partial charge in [-0.3, -0.25) is 4.57 Å². The van der Waals surface area contributed by atoms with Crippen LogP contribution in [-0.2, 0) is 11.2 Å². The van der Waals surface area contributed by atoms with Gasteiger partial charge in [0.25, 0.3) is 0 Å². The van der Waals surface area contributed by atoms with E-state index in [9.17, 15) is 18.0 Å². The van der Waals surface area contributed by atoms with Gasteiger partial charge in [-0.1, -0.05) is 66.5 Å². The number of halogens is 6. The smallest absolute Gasteiger partial charge is 0.335 e. The zero-order chi connectivity index (χ0) is 28.6. The average molecular weight is 616 g/mol. The summed E-state index contributed by atoms with van der Waals surface area (Å²) in [5, 5.41) is 10.1. The minimum absolute atomic E-state index is 0.0343. The van der Waals surface area contributed by atoms with Gasteiger partial charge in [-0.05, 0) is 42.0 Å². The largest absolute Gasteiger partial charge is 0.494 e. The number of nitrogens with zero attached hydrogens (tertiary/aromatic N) is 2. The van der Waals surface area contributed by atoms with Crippen molar-refractivity contribution >= 4 is 52.5 Å². The van der Waals surface area contributed by atoms with Crippen LogP contribution in [0.25, 0.3) is 5.69 Å². The van der Waals surface area contributed by atoms with Crippen LogP contribution in [0, 0.1) is 17.5 Å². The molecule has 204 valence electrons. The first-order valence-corrected chi connectivity index (χ1v) is 13.4. The number of ether oxygens (including phenoxy) is 1. The molecule has 0 fully saturated rings. The molecule has 0 aliphatic heterocycles. The summed E-state index contributed by atoms with van der Waals surface area (Å²) in [7, 11) is 1.33. The Kier molecular flexibility index (Phi) is 8.47. The number of carbonyl (C=O) groups is 1. The molecule has 0 saturated heterocycles. The predicted octanol–water partition coefficient (Wildman–Crippen LogP) is 8.57. The van der Waals surface area contributed by atoms with Crippen LogP contribution in [0.3, 0.4) is 0 Å². The maximum atomic E-state index is 14.7. The molecule has 1 N–H and O–H groups in total. The highest BCUT2D eigenvalue weighted by atomic mass is 35.5. The second-order valence-electron chi connectivity index (χ2n) is 8.95. The fourth-order valence-corrected chi connectivity index (χ4v) is 5.84. The lowest BCUT2D eigenvalue weighted by atomic mass is 9.81. The number of aromatic carboxylic acids is 1. The summed E-state index contributed by atoms with van der Waals surface area (Å²) in [4.78, 5) is 15.6. The Hall–Kier alpha value is -2.85. The summed E-state index contributed by atoms with van der Waals surface area (Å²) in [5.74, 6) is -4.33. The van der Waals surface area contributed by atoms with E-state index in [4.69, 9.17) is 44.6 Å². The summed E-state index contributed by atoms with van der Waals surface area (Å²) in [6, 6.07) is 10.8. The highest BCUT2D eigenvalue weighted by molar-refractivity contribution is 7.98. The maximum absolute atomic E-state index is 14.7. The van der Waals surface area contributed by atoms with E-state index in [1.807, 2.05) is 13.8 Å². The predicted molar refractivity (Wildman–Crippen MR) is 147 cm³/mol. The zero-order valence-electron chi connectivity index (χ0n) is 20.7. The molecule has 1 heterocycles.